The Labute approximate surface area is 105 Å². The Kier molecular flexibility index (Phi) is 2.40. The third kappa shape index (κ3) is 1.45. The summed E-state index contributed by atoms with van der Waals surface area (Å²) in [5, 5.41) is 2.92. The summed E-state index contributed by atoms with van der Waals surface area (Å²) in [6.45, 7) is 0. The largest absolute Gasteiger partial charge is 0.469 e. The first-order valence-electron chi connectivity index (χ1n) is 6.13. The molecular formula is C14H15NO3. The van der Waals surface area contributed by atoms with Crippen molar-refractivity contribution < 1.29 is 14.3 Å². The van der Waals surface area contributed by atoms with Crippen molar-refractivity contribution in [1.82, 2.24) is 0 Å². The van der Waals surface area contributed by atoms with E-state index in [0.717, 1.165) is 24.1 Å². The highest BCUT2D eigenvalue weighted by Gasteiger charge is 2.55. The topological polar surface area (TPSA) is 55.4 Å². The van der Waals surface area contributed by atoms with Gasteiger partial charge in [0.05, 0.1) is 12.5 Å². The molecule has 2 aliphatic rings. The Bertz CT molecular complexity index is 518. The van der Waals surface area contributed by atoms with E-state index in [-0.39, 0.29) is 17.8 Å². The Hall–Kier alpha value is -1.84. The molecule has 0 unspecified atom stereocenters. The SMILES string of the molecule is COC(=O)CC1CC2(C1)C(=O)Nc1ccccc12. The van der Waals surface area contributed by atoms with Crippen LogP contribution in [0, 0.1) is 5.92 Å². The molecule has 18 heavy (non-hydrogen) atoms. The van der Waals surface area contributed by atoms with Gasteiger partial charge >= 0.3 is 5.97 Å². The highest BCUT2D eigenvalue weighted by atomic mass is 16.5. The Morgan fingerprint density at radius 3 is 2.89 bits per heavy atom. The van der Waals surface area contributed by atoms with Crippen molar-refractivity contribution in [3.05, 3.63) is 29.8 Å². The number of rotatable bonds is 2. The summed E-state index contributed by atoms with van der Waals surface area (Å²) in [7, 11) is 1.40. The highest BCUT2D eigenvalue weighted by Crippen LogP contribution is 2.54. The van der Waals surface area contributed by atoms with E-state index in [2.05, 4.69) is 10.1 Å². The number of esters is 1. The molecule has 94 valence electrons. The molecule has 0 bridgehead atoms. The third-order valence-corrected chi connectivity index (χ3v) is 4.08. The molecule has 1 saturated carbocycles. The van der Waals surface area contributed by atoms with Gasteiger partial charge in [0.15, 0.2) is 0 Å². The van der Waals surface area contributed by atoms with Gasteiger partial charge in [-0.05, 0) is 30.4 Å². The Morgan fingerprint density at radius 2 is 2.17 bits per heavy atom. The van der Waals surface area contributed by atoms with Crippen LogP contribution in [-0.2, 0) is 19.7 Å². The predicted molar refractivity (Wildman–Crippen MR) is 66.1 cm³/mol. The van der Waals surface area contributed by atoms with Crippen molar-refractivity contribution in [2.75, 3.05) is 12.4 Å². The molecule has 1 aliphatic heterocycles. The lowest BCUT2D eigenvalue weighted by Gasteiger charge is -2.43. The van der Waals surface area contributed by atoms with E-state index >= 15 is 0 Å². The molecule has 1 spiro atoms. The van der Waals surface area contributed by atoms with Crippen LogP contribution < -0.4 is 5.32 Å². The van der Waals surface area contributed by atoms with E-state index in [0.29, 0.717) is 6.42 Å². The van der Waals surface area contributed by atoms with Crippen molar-refractivity contribution in [2.45, 2.75) is 24.7 Å². The van der Waals surface area contributed by atoms with E-state index in [9.17, 15) is 9.59 Å². The molecule has 1 amide bonds. The number of carbonyl (C=O) groups excluding carboxylic acids is 2. The molecule has 4 nitrogen and oxygen atoms in total. The minimum absolute atomic E-state index is 0.0739. The summed E-state index contributed by atoms with van der Waals surface area (Å²) in [4.78, 5) is 23.3. The van der Waals surface area contributed by atoms with Crippen LogP contribution in [-0.4, -0.2) is 19.0 Å². The highest BCUT2D eigenvalue weighted by molar-refractivity contribution is 6.07. The second-order valence-corrected chi connectivity index (χ2v) is 5.14. The van der Waals surface area contributed by atoms with Gasteiger partial charge in [-0.25, -0.2) is 0 Å². The fourth-order valence-electron chi connectivity index (χ4n) is 3.17. The number of ether oxygens (including phenoxy) is 1. The number of hydrogen-bond donors (Lipinski definition) is 1. The van der Waals surface area contributed by atoms with E-state index in [1.165, 1.54) is 7.11 Å². The predicted octanol–water partition coefficient (Wildman–Crippen LogP) is 1.85. The van der Waals surface area contributed by atoms with Crippen LogP contribution in [0.1, 0.15) is 24.8 Å². The van der Waals surface area contributed by atoms with E-state index in [1.807, 2.05) is 24.3 Å². The summed E-state index contributed by atoms with van der Waals surface area (Å²) in [5.41, 5.74) is 1.60. The lowest BCUT2D eigenvalue weighted by molar-refractivity contribution is -0.144. The number of benzene rings is 1. The van der Waals surface area contributed by atoms with Crippen molar-refractivity contribution in [2.24, 2.45) is 5.92 Å². The molecule has 3 rings (SSSR count). The molecule has 1 aliphatic carbocycles. The van der Waals surface area contributed by atoms with Gasteiger partial charge in [0.2, 0.25) is 5.91 Å². The fraction of sp³-hybridized carbons (Fsp3) is 0.429. The second kappa shape index (κ2) is 3.83. The molecule has 0 atom stereocenters. The summed E-state index contributed by atoms with van der Waals surface area (Å²) in [6, 6.07) is 7.80. The van der Waals surface area contributed by atoms with Gasteiger partial charge in [0.1, 0.15) is 0 Å². The molecule has 1 aromatic carbocycles. The van der Waals surface area contributed by atoms with Gasteiger partial charge < -0.3 is 10.1 Å². The fourth-order valence-corrected chi connectivity index (χ4v) is 3.17. The number of nitrogens with one attached hydrogen (secondary N) is 1. The molecule has 0 radical (unpaired) electrons. The Balaban J connectivity index is 1.79. The monoisotopic (exact) mass is 245 g/mol. The van der Waals surface area contributed by atoms with Crippen LogP contribution in [0.2, 0.25) is 0 Å². The molecule has 1 N–H and O–H groups in total. The molecule has 0 saturated heterocycles. The van der Waals surface area contributed by atoms with Crippen LogP contribution in [0.3, 0.4) is 0 Å². The van der Waals surface area contributed by atoms with E-state index in [4.69, 9.17) is 0 Å². The van der Waals surface area contributed by atoms with Gasteiger partial charge in [0, 0.05) is 12.1 Å². The number of anilines is 1. The van der Waals surface area contributed by atoms with Gasteiger partial charge in [-0.1, -0.05) is 18.2 Å². The maximum atomic E-state index is 12.1. The third-order valence-electron chi connectivity index (χ3n) is 4.08. The number of carbonyl (C=O) groups is 2. The first-order valence-corrected chi connectivity index (χ1v) is 6.13. The normalized spacial score (nSPS) is 28.5. The molecular weight excluding hydrogens is 230 g/mol. The zero-order valence-corrected chi connectivity index (χ0v) is 10.2. The number of hydrogen-bond acceptors (Lipinski definition) is 3. The van der Waals surface area contributed by atoms with Gasteiger partial charge in [0.25, 0.3) is 0 Å². The molecule has 1 fully saturated rings. The second-order valence-electron chi connectivity index (χ2n) is 5.14. The van der Waals surface area contributed by atoms with Crippen molar-refractivity contribution in [1.29, 1.82) is 0 Å². The van der Waals surface area contributed by atoms with Gasteiger partial charge in [-0.2, -0.15) is 0 Å². The first kappa shape index (κ1) is 11.3. The zero-order valence-electron chi connectivity index (χ0n) is 10.2. The van der Waals surface area contributed by atoms with E-state index < -0.39 is 5.41 Å². The first-order chi connectivity index (χ1) is 8.65. The maximum absolute atomic E-state index is 12.1. The zero-order chi connectivity index (χ0) is 12.8. The number of para-hydroxylation sites is 1. The Morgan fingerprint density at radius 1 is 1.44 bits per heavy atom. The smallest absolute Gasteiger partial charge is 0.305 e. The van der Waals surface area contributed by atoms with Crippen molar-refractivity contribution >= 4 is 17.6 Å². The summed E-state index contributed by atoms with van der Waals surface area (Å²) in [6.07, 6.45) is 1.89. The number of amides is 1. The molecule has 4 heteroatoms. The van der Waals surface area contributed by atoms with Gasteiger partial charge in [-0.3, -0.25) is 9.59 Å². The molecule has 1 heterocycles. The van der Waals surface area contributed by atoms with E-state index in [1.54, 1.807) is 0 Å². The molecule has 1 aromatic rings. The van der Waals surface area contributed by atoms with Crippen molar-refractivity contribution in [3.8, 4) is 0 Å². The quantitative estimate of drug-likeness (QED) is 0.809. The summed E-state index contributed by atoms with van der Waals surface area (Å²) < 4.78 is 4.66. The molecule has 0 aromatic heterocycles. The maximum Gasteiger partial charge on any atom is 0.305 e. The number of methoxy groups -OCH3 is 1. The average molecular weight is 245 g/mol. The summed E-state index contributed by atoms with van der Waals surface area (Å²) >= 11 is 0. The summed E-state index contributed by atoms with van der Waals surface area (Å²) in [5.74, 6) is 0.140. The van der Waals surface area contributed by atoms with Crippen LogP contribution in [0.4, 0.5) is 5.69 Å². The van der Waals surface area contributed by atoms with Crippen LogP contribution >= 0.6 is 0 Å². The van der Waals surface area contributed by atoms with Crippen LogP contribution in [0.25, 0.3) is 0 Å². The minimum Gasteiger partial charge on any atom is -0.469 e. The van der Waals surface area contributed by atoms with Gasteiger partial charge in [-0.15, -0.1) is 0 Å². The number of fused-ring (bicyclic) bond motifs is 2. The van der Waals surface area contributed by atoms with Crippen molar-refractivity contribution in [3.63, 3.8) is 0 Å². The van der Waals surface area contributed by atoms with Crippen LogP contribution in [0.15, 0.2) is 24.3 Å². The van der Waals surface area contributed by atoms with Crippen LogP contribution in [0.5, 0.6) is 0 Å². The minimum atomic E-state index is -0.394. The standard InChI is InChI=1S/C14H15NO3/c1-18-12(16)6-9-7-14(8-9)10-4-2-3-5-11(10)15-13(14)17/h2-5,9H,6-8H2,1H3,(H,15,17). The lowest BCUT2D eigenvalue weighted by atomic mass is 9.58. The average Bonchev–Trinajstić information content (AvgIpc) is 2.62. The lowest BCUT2D eigenvalue weighted by Crippen LogP contribution is -2.47.